The third-order valence-corrected chi connectivity index (χ3v) is 6.89. The van der Waals surface area contributed by atoms with Gasteiger partial charge in [-0.15, -0.1) is 0 Å². The Morgan fingerprint density at radius 1 is 0.607 bits per heavy atom. The van der Waals surface area contributed by atoms with Crippen LogP contribution < -0.4 is 0 Å². The Balaban J connectivity index is 1.24. The van der Waals surface area contributed by atoms with Gasteiger partial charge >= 0.3 is 11.9 Å². The van der Waals surface area contributed by atoms with Gasteiger partial charge < -0.3 is 29.2 Å². The number of fused-ring (bicyclic) bond motifs is 1. The molecule has 4 atom stereocenters. The highest BCUT2D eigenvalue weighted by molar-refractivity contribution is 5.70. The maximum atomic E-state index is 11.1. The van der Waals surface area contributed by atoms with Crippen LogP contribution >= 0.6 is 0 Å². The van der Waals surface area contributed by atoms with Gasteiger partial charge in [0.25, 0.3) is 0 Å². The van der Waals surface area contributed by atoms with E-state index in [4.69, 9.17) is 29.2 Å². The Morgan fingerprint density at radius 2 is 0.964 bits per heavy atom. The monoisotopic (exact) mass is 398 g/mol. The van der Waals surface area contributed by atoms with Crippen LogP contribution in [0.3, 0.4) is 0 Å². The van der Waals surface area contributed by atoms with Crippen LogP contribution in [0, 0.1) is 23.7 Å². The first kappa shape index (κ1) is 20.1. The second-order valence-electron chi connectivity index (χ2n) is 8.65. The van der Waals surface area contributed by atoms with Gasteiger partial charge in [-0.1, -0.05) is 0 Å². The molecule has 4 aliphatic rings. The largest absolute Gasteiger partial charge is 0.481 e. The number of carboxylic acid groups (broad SMARTS) is 2. The van der Waals surface area contributed by atoms with Gasteiger partial charge in [0.05, 0.1) is 25.0 Å². The van der Waals surface area contributed by atoms with Gasteiger partial charge in [0, 0.05) is 11.8 Å². The highest BCUT2D eigenvalue weighted by Gasteiger charge is 2.44. The fourth-order valence-corrected chi connectivity index (χ4v) is 5.04. The first-order valence-corrected chi connectivity index (χ1v) is 10.5. The average molecular weight is 398 g/mol. The molecule has 0 radical (unpaired) electrons. The lowest BCUT2D eigenvalue weighted by Crippen LogP contribution is -2.56. The van der Waals surface area contributed by atoms with Crippen LogP contribution in [0.15, 0.2) is 0 Å². The molecular formula is C20H30O8. The topological polar surface area (TPSA) is 112 Å². The summed E-state index contributed by atoms with van der Waals surface area (Å²) in [5.41, 5.74) is 0. The summed E-state index contributed by atoms with van der Waals surface area (Å²) >= 11 is 0. The number of aliphatic carboxylic acids is 2. The first-order valence-electron chi connectivity index (χ1n) is 10.5. The van der Waals surface area contributed by atoms with Gasteiger partial charge in [-0.25, -0.2) is 0 Å². The van der Waals surface area contributed by atoms with E-state index < -0.39 is 11.9 Å². The smallest absolute Gasteiger partial charge is 0.306 e. The third kappa shape index (κ3) is 4.35. The minimum Gasteiger partial charge on any atom is -0.481 e. The summed E-state index contributed by atoms with van der Waals surface area (Å²) in [5.74, 6) is -1.46. The van der Waals surface area contributed by atoms with E-state index in [1.54, 1.807) is 0 Å². The van der Waals surface area contributed by atoms with Crippen LogP contribution in [-0.4, -0.2) is 60.2 Å². The van der Waals surface area contributed by atoms with Crippen LogP contribution in [0.4, 0.5) is 0 Å². The molecule has 158 valence electrons. The standard InChI is InChI=1S/C20H30O8/c21-17(22)11-1-5-13(6-2-11)19-25-9-16-15(27-19)10-26-20(28-16)14-7-3-12(4-8-14)18(23)24/h11-16,19-20H,1-10H2,(H,21,22)(H,23,24). The molecule has 0 spiro atoms. The summed E-state index contributed by atoms with van der Waals surface area (Å²) in [6.07, 6.45) is 4.94. The average Bonchev–Trinajstić information content (AvgIpc) is 2.73. The van der Waals surface area contributed by atoms with Crippen LogP contribution in [0.5, 0.6) is 0 Å². The van der Waals surface area contributed by atoms with Gasteiger partial charge in [-0.3, -0.25) is 9.59 Å². The van der Waals surface area contributed by atoms with Crippen molar-refractivity contribution in [1.82, 2.24) is 0 Å². The van der Waals surface area contributed by atoms with Crippen LogP contribution in [0.2, 0.25) is 0 Å². The van der Waals surface area contributed by atoms with Gasteiger partial charge in [-0.2, -0.15) is 0 Å². The molecule has 0 aromatic rings. The number of hydrogen-bond acceptors (Lipinski definition) is 6. The lowest BCUT2D eigenvalue weighted by atomic mass is 9.81. The molecule has 4 unspecified atom stereocenters. The van der Waals surface area contributed by atoms with E-state index in [0.717, 1.165) is 25.7 Å². The molecule has 2 heterocycles. The maximum absolute atomic E-state index is 11.1. The van der Waals surface area contributed by atoms with Crippen molar-refractivity contribution < 1.29 is 38.7 Å². The van der Waals surface area contributed by atoms with Crippen molar-refractivity contribution in [2.24, 2.45) is 23.7 Å². The molecule has 2 aliphatic heterocycles. The molecular weight excluding hydrogens is 368 g/mol. The summed E-state index contributed by atoms with van der Waals surface area (Å²) in [4.78, 5) is 22.2. The minimum atomic E-state index is -0.707. The third-order valence-electron chi connectivity index (χ3n) is 6.89. The normalized spacial score (nSPS) is 44.4. The van der Waals surface area contributed by atoms with E-state index in [1.807, 2.05) is 0 Å². The summed E-state index contributed by atoms with van der Waals surface area (Å²) in [6.45, 7) is 0.914. The Labute approximate surface area is 164 Å². The summed E-state index contributed by atoms with van der Waals surface area (Å²) < 4.78 is 24.1. The number of carboxylic acids is 2. The zero-order valence-electron chi connectivity index (χ0n) is 16.0. The van der Waals surface area contributed by atoms with Gasteiger partial charge in [0.15, 0.2) is 12.6 Å². The fourth-order valence-electron chi connectivity index (χ4n) is 5.04. The van der Waals surface area contributed by atoms with Crippen molar-refractivity contribution in [2.75, 3.05) is 13.2 Å². The van der Waals surface area contributed by atoms with Crippen LogP contribution in [-0.2, 0) is 28.5 Å². The Bertz CT molecular complexity index is 515. The molecule has 4 rings (SSSR count). The summed E-state index contributed by atoms with van der Waals surface area (Å²) in [5, 5.41) is 18.3. The molecule has 2 N–H and O–H groups in total. The van der Waals surface area contributed by atoms with E-state index in [0.29, 0.717) is 38.9 Å². The second kappa shape index (κ2) is 8.65. The minimum absolute atomic E-state index is 0.164. The molecule has 28 heavy (non-hydrogen) atoms. The van der Waals surface area contributed by atoms with Gasteiger partial charge in [0.1, 0.15) is 12.2 Å². The van der Waals surface area contributed by atoms with Crippen molar-refractivity contribution >= 4 is 11.9 Å². The summed E-state index contributed by atoms with van der Waals surface area (Å²) in [7, 11) is 0. The van der Waals surface area contributed by atoms with Gasteiger partial charge in [-0.05, 0) is 51.4 Å². The summed E-state index contributed by atoms with van der Waals surface area (Å²) in [6, 6.07) is 0. The fraction of sp³-hybridized carbons (Fsp3) is 0.900. The molecule has 2 saturated heterocycles. The van der Waals surface area contributed by atoms with Crippen molar-refractivity contribution in [3.05, 3.63) is 0 Å². The molecule has 0 aromatic heterocycles. The molecule has 2 saturated carbocycles. The molecule has 0 amide bonds. The van der Waals surface area contributed by atoms with Crippen molar-refractivity contribution in [3.63, 3.8) is 0 Å². The predicted molar refractivity (Wildman–Crippen MR) is 95.4 cm³/mol. The Morgan fingerprint density at radius 3 is 1.29 bits per heavy atom. The highest BCUT2D eigenvalue weighted by Crippen LogP contribution is 2.38. The molecule has 2 aliphatic carbocycles. The molecule has 8 nitrogen and oxygen atoms in total. The van der Waals surface area contributed by atoms with Crippen molar-refractivity contribution in [2.45, 2.75) is 76.2 Å². The van der Waals surface area contributed by atoms with Crippen molar-refractivity contribution in [3.8, 4) is 0 Å². The molecule has 0 aromatic carbocycles. The highest BCUT2D eigenvalue weighted by atomic mass is 16.8. The number of hydrogen-bond donors (Lipinski definition) is 2. The molecule has 8 heteroatoms. The SMILES string of the molecule is O=C(O)C1CCC(C2OCC3OC(C4CCC(C(=O)O)CC4)OCC3O2)CC1. The number of carbonyl (C=O) groups is 2. The quantitative estimate of drug-likeness (QED) is 0.742. The van der Waals surface area contributed by atoms with E-state index >= 15 is 0 Å². The first-order chi connectivity index (χ1) is 13.5. The van der Waals surface area contributed by atoms with Gasteiger partial charge in [0.2, 0.25) is 0 Å². The van der Waals surface area contributed by atoms with E-state index in [1.165, 1.54) is 0 Å². The lowest BCUT2D eigenvalue weighted by molar-refractivity contribution is -0.354. The molecule has 0 bridgehead atoms. The van der Waals surface area contributed by atoms with Crippen LogP contribution in [0.1, 0.15) is 51.4 Å². The zero-order chi connectivity index (χ0) is 19.7. The lowest BCUT2D eigenvalue weighted by Gasteiger charge is -2.46. The van der Waals surface area contributed by atoms with E-state index in [-0.39, 0.29) is 48.5 Å². The van der Waals surface area contributed by atoms with Crippen molar-refractivity contribution in [1.29, 1.82) is 0 Å². The Kier molecular flexibility index (Phi) is 6.20. The number of ether oxygens (including phenoxy) is 4. The predicted octanol–water partition coefficient (Wildman–Crippen LogP) is 2.25. The number of rotatable bonds is 4. The Hall–Kier alpha value is -1.22. The van der Waals surface area contributed by atoms with E-state index in [2.05, 4.69) is 0 Å². The maximum Gasteiger partial charge on any atom is 0.306 e. The van der Waals surface area contributed by atoms with E-state index in [9.17, 15) is 9.59 Å². The zero-order valence-corrected chi connectivity index (χ0v) is 16.0. The molecule has 4 fully saturated rings. The second-order valence-corrected chi connectivity index (χ2v) is 8.65. The van der Waals surface area contributed by atoms with Crippen LogP contribution in [0.25, 0.3) is 0 Å².